The summed E-state index contributed by atoms with van der Waals surface area (Å²) in [6.45, 7) is 7.66. The highest BCUT2D eigenvalue weighted by Gasteiger charge is 2.38. The molecule has 1 fully saturated rings. The third-order valence-electron chi connectivity index (χ3n) is 16.5. The topological polar surface area (TPSA) is 481 Å². The first-order valence-electron chi connectivity index (χ1n) is 32.9. The van der Waals surface area contributed by atoms with Gasteiger partial charge in [0.25, 0.3) is 5.91 Å². The molecule has 13 amide bonds. The summed E-state index contributed by atoms with van der Waals surface area (Å²) in [5.74, 6) is -9.26. The molecule has 1 aliphatic rings. The number of nitrogens with zero attached hydrogens (tertiary/aromatic N) is 3. The Hall–Kier alpha value is -9.45. The number of benzene rings is 2. The number of nitrogens with two attached hydrogens (primary N) is 2. The highest BCUT2D eigenvalue weighted by molar-refractivity contribution is 8.76. The predicted molar refractivity (Wildman–Crippen MR) is 380 cm³/mol. The van der Waals surface area contributed by atoms with Crippen LogP contribution in [0.25, 0.3) is 21.8 Å². The number of carbonyl (C=O) groups is 12. The van der Waals surface area contributed by atoms with E-state index >= 15 is 0 Å². The maximum atomic E-state index is 14.9. The van der Waals surface area contributed by atoms with E-state index in [4.69, 9.17) is 11.5 Å². The molecule has 5 heterocycles. The lowest BCUT2D eigenvalue weighted by atomic mass is 10.0. The molecule has 0 saturated carbocycles. The summed E-state index contributed by atoms with van der Waals surface area (Å²) >= 11 is 1.17. The number of imide groups is 1. The number of fused-ring (bicyclic) bond motifs is 2. The predicted octanol–water partition coefficient (Wildman–Crippen LogP) is 0.151. The van der Waals surface area contributed by atoms with Gasteiger partial charge in [-0.15, -0.1) is 11.8 Å². The van der Waals surface area contributed by atoms with Crippen LogP contribution in [0.4, 0.5) is 4.79 Å². The van der Waals surface area contributed by atoms with E-state index in [9.17, 15) is 57.5 Å². The van der Waals surface area contributed by atoms with Crippen LogP contribution in [0.3, 0.4) is 0 Å². The number of unbranched alkanes of at least 4 members (excludes halogenated alkanes) is 2. The minimum absolute atomic E-state index is 0.00899. The molecule has 2 aromatic carbocycles. The summed E-state index contributed by atoms with van der Waals surface area (Å²) in [6, 6.07) is -0.581. The molecule has 11 atom stereocenters. The fourth-order valence-corrected chi connectivity index (χ4v) is 13.0. The van der Waals surface area contributed by atoms with Crippen LogP contribution < -0.4 is 70.0 Å². The standard InChI is InChI=1S/C65H90N20O12S3/c1-7-99-34-85-64(96)63(100-98-6)84-62(95)50(25-40-29-71-46-19-13-11-17-44(40)46)80-55(88)36(3)74-53(86)35(2)75-57(90)48(21-15-23-67)79-58(91)47(20-9-8-14-22-66)78-54(87)37(4)76-59(92)49(24-39-28-70-45-18-12-10-16-43(39)45)82-61(94)51(26-41-30-68-32-72-41)81-56(89)38(5)77-60(93)52(83-65(85)97)27-42-31-69-33-73-42/h10-13,16-19,28-33,35-38,47-52,63,70-71H,7-9,14-15,20-27,34,66-67H2,1-6H3,(H,68,72)(H,69,73)(H,74,86)(H,75,90)(H,76,92)(H,77,93)(H,78,87)(H,79,91)(H,80,88)(H,81,89)(H,82,94)(H,83,97)(H,84,95)/t35-,36-,37-,38+,47-,48-,49-,50-,51-,52-,63?/m0/s1. The molecule has 1 aliphatic heterocycles. The second kappa shape index (κ2) is 38.8. The van der Waals surface area contributed by atoms with Gasteiger partial charge in [-0.25, -0.2) is 14.8 Å². The first kappa shape index (κ1) is 77.9. The monoisotopic (exact) mass is 1440 g/mol. The Morgan fingerprint density at radius 2 is 0.830 bits per heavy atom. The molecule has 7 rings (SSSR count). The fraction of sp³-hybridized carbons (Fsp3) is 0.477. The Labute approximate surface area is 589 Å². The van der Waals surface area contributed by atoms with Gasteiger partial charge in [0, 0.05) is 83.7 Å². The highest BCUT2D eigenvalue weighted by Crippen LogP contribution is 2.26. The summed E-state index contributed by atoms with van der Waals surface area (Å²) in [7, 11) is 1.97. The lowest BCUT2D eigenvalue weighted by Crippen LogP contribution is -2.60. The molecule has 100 heavy (non-hydrogen) atoms. The van der Waals surface area contributed by atoms with Gasteiger partial charge in [-0.3, -0.25) is 57.6 Å². The lowest BCUT2D eigenvalue weighted by molar-refractivity contribution is -0.136. The quantitative estimate of drug-likeness (QED) is 0.0337. The number of hydrogen-bond acceptors (Lipinski definition) is 19. The van der Waals surface area contributed by atoms with Gasteiger partial charge >= 0.3 is 6.03 Å². The largest absolute Gasteiger partial charge is 0.361 e. The van der Waals surface area contributed by atoms with Crippen molar-refractivity contribution in [3.05, 3.63) is 108 Å². The second-order valence-corrected chi connectivity index (χ2v) is 27.8. The van der Waals surface area contributed by atoms with Gasteiger partial charge in [0.1, 0.15) is 60.4 Å². The number of urea groups is 1. The maximum absolute atomic E-state index is 14.9. The molecule has 35 heteroatoms. The molecule has 0 radical (unpaired) electrons. The molecule has 0 bridgehead atoms. The maximum Gasteiger partial charge on any atom is 0.325 e. The number of hydrogen-bond donors (Lipinski definition) is 17. The number of aromatic amines is 4. The second-order valence-electron chi connectivity index (χ2n) is 24.0. The van der Waals surface area contributed by atoms with Gasteiger partial charge in [0.2, 0.25) is 59.1 Å². The number of para-hydroxylation sites is 2. The normalized spacial score (nSPS) is 23.9. The zero-order chi connectivity index (χ0) is 72.4. The van der Waals surface area contributed by atoms with E-state index in [0.717, 1.165) is 32.0 Å². The van der Waals surface area contributed by atoms with Crippen molar-refractivity contribution >= 4 is 126 Å². The Kier molecular flexibility index (Phi) is 30.2. The molecular weight excluding hydrogens is 1350 g/mol. The highest BCUT2D eigenvalue weighted by atomic mass is 33.1. The van der Waals surface area contributed by atoms with Crippen LogP contribution in [0.15, 0.2) is 86.0 Å². The van der Waals surface area contributed by atoms with Crippen LogP contribution in [0.5, 0.6) is 0 Å². The number of rotatable bonds is 21. The molecule has 19 N–H and O–H groups in total. The van der Waals surface area contributed by atoms with E-state index in [1.54, 1.807) is 37.7 Å². The Balaban J connectivity index is 1.25. The van der Waals surface area contributed by atoms with E-state index in [2.05, 4.69) is 88.4 Å². The molecule has 0 aliphatic carbocycles. The number of aromatic nitrogens is 6. The first-order chi connectivity index (χ1) is 48.0. The van der Waals surface area contributed by atoms with Gasteiger partial charge in [0.05, 0.1) is 18.5 Å². The van der Waals surface area contributed by atoms with Crippen LogP contribution in [0.2, 0.25) is 0 Å². The minimum Gasteiger partial charge on any atom is -0.361 e. The summed E-state index contributed by atoms with van der Waals surface area (Å²) in [4.78, 5) is 195. The number of thioether (sulfide) groups is 1. The zero-order valence-corrected chi connectivity index (χ0v) is 58.9. The molecule has 1 unspecified atom stereocenters. The van der Waals surface area contributed by atoms with Crippen molar-refractivity contribution in [2.75, 3.05) is 31.0 Å². The van der Waals surface area contributed by atoms with Crippen LogP contribution in [-0.2, 0) is 78.4 Å². The smallest absolute Gasteiger partial charge is 0.325 e. The molecule has 6 aromatic rings. The van der Waals surface area contributed by atoms with Crippen molar-refractivity contribution in [1.29, 1.82) is 0 Å². The number of nitrogens with one attached hydrogen (secondary N) is 15. The Bertz CT molecular complexity index is 3780. The van der Waals surface area contributed by atoms with Crippen LogP contribution in [0, 0.1) is 0 Å². The van der Waals surface area contributed by atoms with Gasteiger partial charge < -0.3 is 89.9 Å². The van der Waals surface area contributed by atoms with Crippen molar-refractivity contribution in [2.24, 2.45) is 11.5 Å². The fourth-order valence-electron chi connectivity index (χ4n) is 10.8. The third kappa shape index (κ3) is 22.5. The van der Waals surface area contributed by atoms with E-state index in [-0.39, 0.29) is 57.4 Å². The van der Waals surface area contributed by atoms with E-state index < -0.39 is 137 Å². The molecule has 540 valence electrons. The molecular formula is C65H90N20O12S3. The molecule has 32 nitrogen and oxygen atoms in total. The van der Waals surface area contributed by atoms with E-state index in [0.29, 0.717) is 70.4 Å². The summed E-state index contributed by atoms with van der Waals surface area (Å²) in [5, 5.41) is 29.3. The number of amides is 13. The van der Waals surface area contributed by atoms with Crippen molar-refractivity contribution < 1.29 is 57.5 Å². The number of imidazole rings is 2. The van der Waals surface area contributed by atoms with Gasteiger partial charge in [-0.2, -0.15) is 0 Å². The molecule has 0 spiro atoms. The zero-order valence-electron chi connectivity index (χ0n) is 56.5. The SMILES string of the molecule is CCSCN1C(=O)N[C@@H](Cc2cnc[nH]2)C(=O)N[C@H](C)C(=O)N[C@@H](Cc2cnc[nH]2)C(=O)N[C@@H](Cc2c[nH]c3ccccc23)C(=O)N[C@@H](C)C(=O)N[C@@H](CCCCCN)C(=O)N[C@@H](CCCN)C(=O)N[C@@H](C)C(=O)N[C@@H](C)C(=O)N[C@@H](Cc2c[nH]c3ccccc23)C(=O)NC(SSC)C1=O. The summed E-state index contributed by atoms with van der Waals surface area (Å²) in [5.41, 5.74) is 15.0. The van der Waals surface area contributed by atoms with Gasteiger partial charge in [0.15, 0.2) is 5.37 Å². The van der Waals surface area contributed by atoms with Crippen LogP contribution >= 0.6 is 33.3 Å². The van der Waals surface area contributed by atoms with Crippen molar-refractivity contribution in [1.82, 2.24) is 93.3 Å². The Morgan fingerprint density at radius 3 is 1.30 bits per heavy atom. The van der Waals surface area contributed by atoms with Gasteiger partial charge in [-0.05, 0) is 102 Å². The van der Waals surface area contributed by atoms with Crippen LogP contribution in [-0.4, -0.2) is 203 Å². The molecule has 1 saturated heterocycles. The van der Waals surface area contributed by atoms with Crippen molar-refractivity contribution in [3.63, 3.8) is 0 Å². The van der Waals surface area contributed by atoms with Crippen LogP contribution in [0.1, 0.15) is 95.7 Å². The minimum atomic E-state index is -1.52. The number of carbonyl (C=O) groups excluding carboxylic acids is 12. The van der Waals surface area contributed by atoms with Crippen molar-refractivity contribution in [3.8, 4) is 0 Å². The average Bonchev–Trinajstić information content (AvgIpc) is 1.64. The number of H-pyrrole nitrogens is 4. The first-order valence-corrected chi connectivity index (χ1v) is 36.7. The van der Waals surface area contributed by atoms with Gasteiger partial charge in [-0.1, -0.05) is 77.8 Å². The average molecular weight is 1440 g/mol. The summed E-state index contributed by atoms with van der Waals surface area (Å²) in [6.07, 6.45) is 11.6. The lowest BCUT2D eigenvalue weighted by Gasteiger charge is -2.29. The van der Waals surface area contributed by atoms with E-state index in [1.807, 2.05) is 36.4 Å². The summed E-state index contributed by atoms with van der Waals surface area (Å²) < 4.78 is 0. The van der Waals surface area contributed by atoms with E-state index in [1.165, 1.54) is 64.5 Å². The Morgan fingerprint density at radius 1 is 0.440 bits per heavy atom. The van der Waals surface area contributed by atoms with Crippen molar-refractivity contribution in [2.45, 2.75) is 165 Å². The third-order valence-corrected chi connectivity index (χ3v) is 19.2. The molecule has 4 aromatic heterocycles.